The molecule has 124 valence electrons. The number of anilines is 1. The van der Waals surface area contributed by atoms with E-state index in [4.69, 9.17) is 0 Å². The first-order chi connectivity index (χ1) is 11.7. The Morgan fingerprint density at radius 1 is 1.25 bits per heavy atom. The highest BCUT2D eigenvalue weighted by atomic mass is 16.2. The molecule has 5 rings (SSSR count). The minimum absolute atomic E-state index is 0.0852. The second-order valence-electron chi connectivity index (χ2n) is 6.53. The maximum absolute atomic E-state index is 13.2. The molecule has 3 fully saturated rings. The second-order valence-corrected chi connectivity index (χ2v) is 6.53. The molecule has 0 aromatic carbocycles. The first-order valence-electron chi connectivity index (χ1n) is 8.37. The molecule has 0 radical (unpaired) electrons. The Balaban J connectivity index is 1.72. The zero-order valence-corrected chi connectivity index (χ0v) is 13.4. The molecule has 5 heterocycles. The average molecular weight is 324 g/mol. The topological polar surface area (TPSA) is 69.3 Å². The number of piperidine rings is 3. The van der Waals surface area contributed by atoms with E-state index in [-0.39, 0.29) is 17.5 Å². The maximum Gasteiger partial charge on any atom is 0.260 e. The predicted octanol–water partition coefficient (Wildman–Crippen LogP) is 1.51. The molecule has 1 unspecified atom stereocenters. The molecule has 2 aromatic heterocycles. The molecule has 1 amide bonds. The van der Waals surface area contributed by atoms with E-state index in [1.54, 1.807) is 18.5 Å². The van der Waals surface area contributed by atoms with Crippen molar-refractivity contribution in [1.29, 1.82) is 0 Å². The molecular formula is C18H20N4O2. The normalized spacial score (nSPS) is 25.4. The average Bonchev–Trinajstić information content (AvgIpc) is 2.64. The zero-order chi connectivity index (χ0) is 16.5. The van der Waals surface area contributed by atoms with Crippen LogP contribution < -0.4 is 10.5 Å². The van der Waals surface area contributed by atoms with E-state index in [0.717, 1.165) is 38.2 Å². The molecule has 6 heteroatoms. The van der Waals surface area contributed by atoms with E-state index in [1.165, 1.54) is 12.3 Å². The van der Waals surface area contributed by atoms with E-state index in [1.807, 2.05) is 17.0 Å². The van der Waals surface area contributed by atoms with Gasteiger partial charge >= 0.3 is 0 Å². The number of rotatable bonds is 3. The number of nitrogens with one attached hydrogen (secondary N) is 1. The lowest BCUT2D eigenvalue weighted by atomic mass is 9.82. The summed E-state index contributed by atoms with van der Waals surface area (Å²) in [4.78, 5) is 35.6. The molecule has 2 aromatic rings. The summed E-state index contributed by atoms with van der Waals surface area (Å²) >= 11 is 0. The van der Waals surface area contributed by atoms with Gasteiger partial charge in [-0.3, -0.25) is 14.6 Å². The summed E-state index contributed by atoms with van der Waals surface area (Å²) in [5.41, 5.74) is 1.10. The highest BCUT2D eigenvalue weighted by Gasteiger charge is 2.40. The van der Waals surface area contributed by atoms with Crippen molar-refractivity contribution in [1.82, 2.24) is 14.9 Å². The van der Waals surface area contributed by atoms with Gasteiger partial charge in [0, 0.05) is 25.0 Å². The van der Waals surface area contributed by atoms with Crippen LogP contribution in [0, 0.1) is 5.92 Å². The Labute approximate surface area is 140 Å². The number of aromatic nitrogens is 2. The molecule has 1 atom stereocenters. The first-order valence-corrected chi connectivity index (χ1v) is 8.37. The minimum Gasteiger partial charge on any atom is -0.328 e. The number of aromatic amines is 1. The first kappa shape index (κ1) is 15.1. The van der Waals surface area contributed by atoms with Crippen LogP contribution in [0.25, 0.3) is 0 Å². The lowest BCUT2D eigenvalue weighted by molar-refractivity contribution is 0.0733. The summed E-state index contributed by atoms with van der Waals surface area (Å²) in [5.74, 6) is 0.430. The van der Waals surface area contributed by atoms with Gasteiger partial charge in [-0.05, 0) is 50.0 Å². The van der Waals surface area contributed by atoms with Crippen LogP contribution in [0.2, 0.25) is 0 Å². The van der Waals surface area contributed by atoms with Crippen LogP contribution in [0.15, 0.2) is 47.7 Å². The second kappa shape index (κ2) is 6.20. The largest absolute Gasteiger partial charge is 0.328 e. The van der Waals surface area contributed by atoms with E-state index in [9.17, 15) is 9.59 Å². The fraction of sp³-hybridized carbons (Fsp3) is 0.389. The SMILES string of the molecule is O=C(c1ccc(=O)[nH]c1)N(c1cccnc1)C1CN2CCC1CC2. The summed E-state index contributed by atoms with van der Waals surface area (Å²) in [6, 6.07) is 6.91. The third-order valence-corrected chi connectivity index (χ3v) is 5.13. The van der Waals surface area contributed by atoms with Crippen LogP contribution in [-0.2, 0) is 0 Å². The number of H-pyrrole nitrogens is 1. The van der Waals surface area contributed by atoms with Crippen LogP contribution >= 0.6 is 0 Å². The van der Waals surface area contributed by atoms with Crippen molar-refractivity contribution in [3.05, 3.63) is 58.8 Å². The highest BCUT2D eigenvalue weighted by Crippen LogP contribution is 2.34. The molecule has 0 saturated carbocycles. The van der Waals surface area contributed by atoms with Crippen LogP contribution in [0.1, 0.15) is 23.2 Å². The van der Waals surface area contributed by atoms with Crippen LogP contribution in [-0.4, -0.2) is 46.5 Å². The lowest BCUT2D eigenvalue weighted by Crippen LogP contribution is -2.59. The van der Waals surface area contributed by atoms with Gasteiger partial charge in [0.1, 0.15) is 0 Å². The number of fused-ring (bicyclic) bond motifs is 3. The van der Waals surface area contributed by atoms with Gasteiger partial charge in [0.25, 0.3) is 5.91 Å². The molecule has 0 aliphatic carbocycles. The smallest absolute Gasteiger partial charge is 0.260 e. The molecule has 24 heavy (non-hydrogen) atoms. The number of nitrogens with zero attached hydrogens (tertiary/aromatic N) is 3. The van der Waals surface area contributed by atoms with Gasteiger partial charge in [-0.25, -0.2) is 0 Å². The Morgan fingerprint density at radius 3 is 2.67 bits per heavy atom. The molecule has 6 nitrogen and oxygen atoms in total. The number of amides is 1. The third-order valence-electron chi connectivity index (χ3n) is 5.13. The van der Waals surface area contributed by atoms with Gasteiger partial charge in [-0.15, -0.1) is 0 Å². The Kier molecular flexibility index (Phi) is 3.90. The standard InChI is InChI=1S/C18H20N4O2/c23-17-4-3-14(10-20-17)18(24)22(15-2-1-7-19-11-15)16-12-21-8-5-13(16)6-9-21/h1-4,7,10-11,13,16H,5-6,8-9,12H2,(H,20,23). The summed E-state index contributed by atoms with van der Waals surface area (Å²) in [6.45, 7) is 3.14. The maximum atomic E-state index is 13.2. The van der Waals surface area contributed by atoms with Crippen LogP contribution in [0.3, 0.4) is 0 Å². The fourth-order valence-corrected chi connectivity index (χ4v) is 3.86. The quantitative estimate of drug-likeness (QED) is 0.929. The van der Waals surface area contributed by atoms with E-state index in [2.05, 4.69) is 14.9 Å². The lowest BCUT2D eigenvalue weighted by Gasteiger charge is -2.48. The van der Waals surface area contributed by atoms with Gasteiger partial charge in [-0.1, -0.05) is 0 Å². The summed E-state index contributed by atoms with van der Waals surface area (Å²) in [6.07, 6.45) is 7.19. The van der Waals surface area contributed by atoms with Crippen LogP contribution in [0.5, 0.6) is 0 Å². The molecular weight excluding hydrogens is 304 g/mol. The van der Waals surface area contributed by atoms with Gasteiger partial charge < -0.3 is 14.8 Å². The Hall–Kier alpha value is -2.47. The van der Waals surface area contributed by atoms with Gasteiger partial charge in [0.15, 0.2) is 0 Å². The van der Waals surface area contributed by atoms with E-state index < -0.39 is 0 Å². The summed E-state index contributed by atoms with van der Waals surface area (Å²) in [7, 11) is 0. The van der Waals surface area contributed by atoms with Crippen molar-refractivity contribution in [2.75, 3.05) is 24.5 Å². The number of hydrogen-bond donors (Lipinski definition) is 1. The van der Waals surface area contributed by atoms with Crippen molar-refractivity contribution >= 4 is 11.6 Å². The molecule has 3 saturated heterocycles. The Morgan fingerprint density at radius 2 is 2.08 bits per heavy atom. The van der Waals surface area contributed by atoms with Gasteiger partial charge in [0.2, 0.25) is 5.56 Å². The van der Waals surface area contributed by atoms with Crippen molar-refractivity contribution in [3.63, 3.8) is 0 Å². The summed E-state index contributed by atoms with van der Waals surface area (Å²) in [5, 5.41) is 0. The summed E-state index contributed by atoms with van der Waals surface area (Å²) < 4.78 is 0. The zero-order valence-electron chi connectivity index (χ0n) is 13.4. The predicted molar refractivity (Wildman–Crippen MR) is 91.1 cm³/mol. The number of pyridine rings is 2. The van der Waals surface area contributed by atoms with Gasteiger partial charge in [-0.2, -0.15) is 0 Å². The highest BCUT2D eigenvalue weighted by molar-refractivity contribution is 6.06. The van der Waals surface area contributed by atoms with Crippen molar-refractivity contribution in [2.24, 2.45) is 5.92 Å². The molecule has 3 aliphatic heterocycles. The van der Waals surface area contributed by atoms with Crippen molar-refractivity contribution in [3.8, 4) is 0 Å². The van der Waals surface area contributed by atoms with Crippen molar-refractivity contribution in [2.45, 2.75) is 18.9 Å². The van der Waals surface area contributed by atoms with E-state index in [0.29, 0.717) is 11.5 Å². The monoisotopic (exact) mass is 324 g/mol. The molecule has 1 N–H and O–H groups in total. The Bertz CT molecular complexity index is 761. The van der Waals surface area contributed by atoms with Crippen LogP contribution in [0.4, 0.5) is 5.69 Å². The molecule has 3 aliphatic rings. The molecule has 0 spiro atoms. The molecule has 2 bridgehead atoms. The third kappa shape index (κ3) is 2.73. The van der Waals surface area contributed by atoms with Gasteiger partial charge in [0.05, 0.1) is 23.5 Å². The van der Waals surface area contributed by atoms with E-state index >= 15 is 0 Å². The number of hydrogen-bond acceptors (Lipinski definition) is 4. The minimum atomic E-state index is -0.206. The fourth-order valence-electron chi connectivity index (χ4n) is 3.86. The number of carbonyl (C=O) groups excluding carboxylic acids is 1. The number of carbonyl (C=O) groups is 1. The van der Waals surface area contributed by atoms with Crippen molar-refractivity contribution < 1.29 is 4.79 Å².